The summed E-state index contributed by atoms with van der Waals surface area (Å²) in [7, 11) is -3.69. The number of nitrogens with zero attached hydrogens (tertiary/aromatic N) is 1. The predicted molar refractivity (Wildman–Crippen MR) is 115 cm³/mol. The number of benzene rings is 2. The van der Waals surface area contributed by atoms with E-state index >= 15 is 0 Å². The fourth-order valence-electron chi connectivity index (χ4n) is 2.53. The third-order valence-corrected chi connectivity index (χ3v) is 5.85. The second-order valence-corrected chi connectivity index (χ2v) is 9.39. The number of hydrogen-bond acceptors (Lipinski definition) is 4. The predicted octanol–water partition coefficient (Wildman–Crippen LogP) is 3.98. The van der Waals surface area contributed by atoms with Gasteiger partial charge in [-0.15, -0.1) is 0 Å². The molecule has 0 aliphatic carbocycles. The van der Waals surface area contributed by atoms with Crippen molar-refractivity contribution in [2.75, 3.05) is 30.3 Å². The van der Waals surface area contributed by atoms with E-state index in [0.29, 0.717) is 15.2 Å². The molecule has 0 bridgehead atoms. The van der Waals surface area contributed by atoms with E-state index in [9.17, 15) is 17.6 Å². The van der Waals surface area contributed by atoms with Crippen molar-refractivity contribution in [3.8, 4) is 5.75 Å². The van der Waals surface area contributed by atoms with E-state index in [1.165, 1.54) is 12.1 Å². The molecule has 2 aromatic carbocycles. The van der Waals surface area contributed by atoms with E-state index in [2.05, 4.69) is 21.2 Å². The van der Waals surface area contributed by atoms with Crippen LogP contribution in [0.4, 0.5) is 10.1 Å². The molecule has 0 aromatic heterocycles. The van der Waals surface area contributed by atoms with E-state index < -0.39 is 15.8 Å². The summed E-state index contributed by atoms with van der Waals surface area (Å²) < 4.78 is 45.2. The van der Waals surface area contributed by atoms with Crippen LogP contribution in [0.3, 0.4) is 0 Å². The summed E-state index contributed by atoms with van der Waals surface area (Å²) in [6, 6.07) is 11.1. The van der Waals surface area contributed by atoms with Crippen LogP contribution in [0.5, 0.6) is 5.75 Å². The lowest BCUT2D eigenvalue weighted by Gasteiger charge is -2.23. The van der Waals surface area contributed by atoms with Crippen molar-refractivity contribution < 1.29 is 22.3 Å². The maximum atomic E-state index is 14.2. The molecule has 0 saturated carbocycles. The number of carbonyl (C=O) groups is 1. The van der Waals surface area contributed by atoms with Gasteiger partial charge in [0.05, 0.1) is 23.5 Å². The zero-order chi connectivity index (χ0) is 21.4. The van der Waals surface area contributed by atoms with E-state index in [1.807, 2.05) is 0 Å². The molecule has 0 saturated heterocycles. The topological polar surface area (TPSA) is 75.7 Å². The quantitative estimate of drug-likeness (QED) is 0.494. The highest BCUT2D eigenvalue weighted by Crippen LogP contribution is 2.25. The lowest BCUT2D eigenvalue weighted by atomic mass is 10.2. The van der Waals surface area contributed by atoms with Crippen molar-refractivity contribution in [2.24, 2.45) is 0 Å². The molecule has 158 valence electrons. The minimum absolute atomic E-state index is 0.0130. The molecular formula is C19H21BrClFN2O4S. The fraction of sp³-hybridized carbons (Fsp3) is 0.316. The summed E-state index contributed by atoms with van der Waals surface area (Å²) in [5.41, 5.74) is -0.0516. The standard InChI is InChI=1S/C19H21BrClFN2O4S/c1-29(26,27)24(17-9-8-14(20)13-16(17)22)11-4-7-19(25)23-10-12-28-18-6-3-2-5-15(18)21/h2-3,5-6,8-9,13H,4,7,10-12H2,1H3,(H,23,25). The normalized spacial score (nSPS) is 11.2. The van der Waals surface area contributed by atoms with Crippen molar-refractivity contribution in [3.63, 3.8) is 0 Å². The lowest BCUT2D eigenvalue weighted by molar-refractivity contribution is -0.121. The summed E-state index contributed by atoms with van der Waals surface area (Å²) in [5.74, 6) is -0.382. The van der Waals surface area contributed by atoms with Crippen molar-refractivity contribution >= 4 is 49.1 Å². The van der Waals surface area contributed by atoms with Crippen molar-refractivity contribution in [1.29, 1.82) is 0 Å². The van der Waals surface area contributed by atoms with Gasteiger partial charge in [0.2, 0.25) is 15.9 Å². The first-order chi connectivity index (χ1) is 13.7. The SMILES string of the molecule is CS(=O)(=O)N(CCCC(=O)NCCOc1ccccc1Cl)c1ccc(Br)cc1F. The lowest BCUT2D eigenvalue weighted by Crippen LogP contribution is -2.33. The Morgan fingerprint density at radius 1 is 1.28 bits per heavy atom. The van der Waals surface area contributed by atoms with Gasteiger partial charge in [-0.05, 0) is 36.8 Å². The molecule has 0 heterocycles. The number of carbonyl (C=O) groups excluding carboxylic acids is 1. The minimum Gasteiger partial charge on any atom is -0.490 e. The Bertz CT molecular complexity index is 959. The number of ether oxygens (including phenoxy) is 1. The fourth-order valence-corrected chi connectivity index (χ4v) is 4.02. The maximum Gasteiger partial charge on any atom is 0.232 e. The number of anilines is 1. The van der Waals surface area contributed by atoms with E-state index in [0.717, 1.165) is 10.6 Å². The molecule has 10 heteroatoms. The Hall–Kier alpha value is -1.84. The molecule has 6 nitrogen and oxygen atoms in total. The molecule has 0 aliphatic heterocycles. The van der Waals surface area contributed by atoms with E-state index in [1.54, 1.807) is 30.3 Å². The number of rotatable bonds is 10. The van der Waals surface area contributed by atoms with Crippen molar-refractivity contribution in [3.05, 3.63) is 57.8 Å². The number of hydrogen-bond donors (Lipinski definition) is 1. The van der Waals surface area contributed by atoms with Gasteiger partial charge < -0.3 is 10.1 Å². The van der Waals surface area contributed by atoms with Gasteiger partial charge in [0, 0.05) is 17.4 Å². The second kappa shape index (κ2) is 10.8. The Morgan fingerprint density at radius 3 is 2.66 bits per heavy atom. The van der Waals surface area contributed by atoms with Crippen LogP contribution in [-0.4, -0.2) is 40.3 Å². The largest absolute Gasteiger partial charge is 0.490 e. The van der Waals surface area contributed by atoms with Crippen molar-refractivity contribution in [1.82, 2.24) is 5.32 Å². The van der Waals surface area contributed by atoms with Gasteiger partial charge in [-0.1, -0.05) is 39.7 Å². The van der Waals surface area contributed by atoms with Crippen LogP contribution >= 0.6 is 27.5 Å². The second-order valence-electron chi connectivity index (χ2n) is 6.16. The number of halogens is 3. The molecule has 0 fully saturated rings. The highest BCUT2D eigenvalue weighted by molar-refractivity contribution is 9.10. The van der Waals surface area contributed by atoms with Gasteiger partial charge in [-0.3, -0.25) is 9.10 Å². The van der Waals surface area contributed by atoms with Crippen LogP contribution in [0.25, 0.3) is 0 Å². The van der Waals surface area contributed by atoms with Crippen LogP contribution in [0, 0.1) is 5.82 Å². The van der Waals surface area contributed by atoms with Gasteiger partial charge in [0.25, 0.3) is 0 Å². The van der Waals surface area contributed by atoms with Gasteiger partial charge >= 0.3 is 0 Å². The van der Waals surface area contributed by atoms with Crippen LogP contribution in [0.2, 0.25) is 5.02 Å². The van der Waals surface area contributed by atoms with Gasteiger partial charge in [0.1, 0.15) is 18.2 Å². The molecule has 0 atom stereocenters. The first-order valence-corrected chi connectivity index (χ1v) is 11.8. The van der Waals surface area contributed by atoms with Gasteiger partial charge in [-0.25, -0.2) is 12.8 Å². The molecule has 0 aliphatic rings. The number of para-hydroxylation sites is 1. The van der Waals surface area contributed by atoms with Crippen LogP contribution < -0.4 is 14.4 Å². The molecule has 29 heavy (non-hydrogen) atoms. The first-order valence-electron chi connectivity index (χ1n) is 8.75. The number of sulfonamides is 1. The molecule has 1 amide bonds. The van der Waals surface area contributed by atoms with Crippen LogP contribution in [0.1, 0.15) is 12.8 Å². The highest BCUT2D eigenvalue weighted by Gasteiger charge is 2.21. The van der Waals surface area contributed by atoms with Crippen LogP contribution in [-0.2, 0) is 14.8 Å². The van der Waals surface area contributed by atoms with E-state index in [-0.39, 0.29) is 44.1 Å². The molecule has 0 spiro atoms. The molecule has 2 aromatic rings. The Labute approximate surface area is 183 Å². The average molecular weight is 508 g/mol. The average Bonchev–Trinajstić information content (AvgIpc) is 2.63. The third-order valence-electron chi connectivity index (χ3n) is 3.86. The summed E-state index contributed by atoms with van der Waals surface area (Å²) >= 11 is 9.11. The molecule has 0 unspecified atom stereocenters. The zero-order valence-electron chi connectivity index (χ0n) is 15.7. The first kappa shape index (κ1) is 23.4. The maximum absolute atomic E-state index is 14.2. The Kier molecular flexibility index (Phi) is 8.73. The van der Waals surface area contributed by atoms with Gasteiger partial charge in [-0.2, -0.15) is 0 Å². The molecular weight excluding hydrogens is 487 g/mol. The third kappa shape index (κ3) is 7.49. The monoisotopic (exact) mass is 506 g/mol. The summed E-state index contributed by atoms with van der Waals surface area (Å²) in [6.45, 7) is 0.511. The minimum atomic E-state index is -3.69. The smallest absolute Gasteiger partial charge is 0.232 e. The van der Waals surface area contributed by atoms with Gasteiger partial charge in [0.15, 0.2) is 0 Å². The Morgan fingerprint density at radius 2 is 2.00 bits per heavy atom. The number of amides is 1. The summed E-state index contributed by atoms with van der Waals surface area (Å²) in [4.78, 5) is 12.0. The summed E-state index contributed by atoms with van der Waals surface area (Å²) in [5, 5.41) is 3.17. The molecule has 2 rings (SSSR count). The molecule has 0 radical (unpaired) electrons. The zero-order valence-corrected chi connectivity index (χ0v) is 18.9. The summed E-state index contributed by atoms with van der Waals surface area (Å²) in [6.07, 6.45) is 1.33. The Balaban J connectivity index is 1.80. The van der Waals surface area contributed by atoms with E-state index in [4.69, 9.17) is 16.3 Å². The van der Waals surface area contributed by atoms with Crippen molar-refractivity contribution in [2.45, 2.75) is 12.8 Å². The highest BCUT2D eigenvalue weighted by atomic mass is 79.9. The number of nitrogens with one attached hydrogen (secondary N) is 1. The molecule has 1 N–H and O–H groups in total. The van der Waals surface area contributed by atoms with Crippen LogP contribution in [0.15, 0.2) is 46.9 Å².